The monoisotopic (exact) mass is 313 g/mol. The van der Waals surface area contributed by atoms with Crippen LogP contribution in [0.2, 0.25) is 0 Å². The van der Waals surface area contributed by atoms with Gasteiger partial charge in [0.05, 0.1) is 0 Å². The number of carbonyl (C=O) groups is 2. The predicted octanol–water partition coefficient (Wildman–Crippen LogP) is 3.05. The highest BCUT2D eigenvalue weighted by Crippen LogP contribution is 2.21. The minimum absolute atomic E-state index is 0.0162. The zero-order valence-electron chi connectivity index (χ0n) is 12.8. The second-order valence-electron chi connectivity index (χ2n) is 5.06. The van der Waals surface area contributed by atoms with Crippen molar-refractivity contribution in [3.8, 4) is 0 Å². The van der Waals surface area contributed by atoms with Gasteiger partial charge in [-0.15, -0.1) is 0 Å². The number of alkyl halides is 2. The molecule has 0 spiro atoms. The zero-order valence-corrected chi connectivity index (χ0v) is 12.8. The van der Waals surface area contributed by atoms with Crippen LogP contribution in [0.5, 0.6) is 0 Å². The first-order valence-electron chi connectivity index (χ1n) is 7.09. The van der Waals surface area contributed by atoms with Crippen molar-refractivity contribution in [3.05, 3.63) is 29.8 Å². The SMILES string of the molecule is CC[C@H](C)NC(=O)[C@H](C)NC(=O)Nc1cccc(C(F)F)c1. The van der Waals surface area contributed by atoms with Gasteiger partial charge in [-0.25, -0.2) is 13.6 Å². The van der Waals surface area contributed by atoms with Crippen LogP contribution in [0.1, 0.15) is 39.2 Å². The van der Waals surface area contributed by atoms with Crippen LogP contribution in [0.15, 0.2) is 24.3 Å². The van der Waals surface area contributed by atoms with E-state index in [1.54, 1.807) is 6.92 Å². The molecule has 1 aromatic rings. The zero-order chi connectivity index (χ0) is 16.7. The van der Waals surface area contributed by atoms with E-state index in [0.29, 0.717) is 0 Å². The van der Waals surface area contributed by atoms with Crippen molar-refractivity contribution < 1.29 is 18.4 Å². The van der Waals surface area contributed by atoms with Gasteiger partial charge in [0, 0.05) is 17.3 Å². The maximum atomic E-state index is 12.6. The quantitative estimate of drug-likeness (QED) is 0.755. The Morgan fingerprint density at radius 1 is 1.18 bits per heavy atom. The third kappa shape index (κ3) is 5.67. The Morgan fingerprint density at radius 2 is 1.86 bits per heavy atom. The molecule has 0 aliphatic heterocycles. The van der Waals surface area contributed by atoms with Gasteiger partial charge < -0.3 is 16.0 Å². The van der Waals surface area contributed by atoms with Gasteiger partial charge >= 0.3 is 6.03 Å². The van der Waals surface area contributed by atoms with E-state index in [9.17, 15) is 18.4 Å². The molecule has 3 amide bonds. The molecule has 0 bridgehead atoms. The standard InChI is InChI=1S/C15H21F2N3O2/c1-4-9(2)18-14(21)10(3)19-15(22)20-12-7-5-6-11(8-12)13(16)17/h5-10,13H,4H2,1-3H3,(H,18,21)(H2,19,20,22)/t9-,10-/m0/s1. The number of nitrogens with one attached hydrogen (secondary N) is 3. The molecular weight excluding hydrogens is 292 g/mol. The van der Waals surface area contributed by atoms with Gasteiger partial charge in [0.15, 0.2) is 0 Å². The van der Waals surface area contributed by atoms with Gasteiger partial charge in [0.25, 0.3) is 6.43 Å². The van der Waals surface area contributed by atoms with E-state index in [2.05, 4.69) is 16.0 Å². The highest BCUT2D eigenvalue weighted by atomic mass is 19.3. The smallest absolute Gasteiger partial charge is 0.319 e. The Bertz CT molecular complexity index is 523. The predicted molar refractivity (Wildman–Crippen MR) is 80.9 cm³/mol. The van der Waals surface area contributed by atoms with Crippen LogP contribution in [-0.4, -0.2) is 24.0 Å². The van der Waals surface area contributed by atoms with E-state index in [1.165, 1.54) is 24.3 Å². The lowest BCUT2D eigenvalue weighted by Gasteiger charge is -2.17. The fourth-order valence-electron chi connectivity index (χ4n) is 1.65. The number of benzene rings is 1. The fraction of sp³-hybridized carbons (Fsp3) is 0.467. The third-order valence-electron chi connectivity index (χ3n) is 3.14. The minimum atomic E-state index is -2.61. The van der Waals surface area contributed by atoms with Gasteiger partial charge in [-0.2, -0.15) is 0 Å². The van der Waals surface area contributed by atoms with E-state index in [-0.39, 0.29) is 23.2 Å². The molecule has 2 atom stereocenters. The number of amides is 3. The van der Waals surface area contributed by atoms with Crippen LogP contribution in [0.25, 0.3) is 0 Å². The Hall–Kier alpha value is -2.18. The normalized spacial score (nSPS) is 13.4. The number of anilines is 1. The van der Waals surface area contributed by atoms with Crippen molar-refractivity contribution in [1.82, 2.24) is 10.6 Å². The molecule has 0 heterocycles. The Morgan fingerprint density at radius 3 is 2.45 bits per heavy atom. The molecule has 5 nitrogen and oxygen atoms in total. The average Bonchev–Trinajstić information content (AvgIpc) is 2.46. The molecule has 1 rings (SSSR count). The third-order valence-corrected chi connectivity index (χ3v) is 3.14. The summed E-state index contributed by atoms with van der Waals surface area (Å²) in [6, 6.07) is 4.04. The second kappa shape index (κ2) is 8.31. The molecule has 0 saturated heterocycles. The lowest BCUT2D eigenvalue weighted by Crippen LogP contribution is -2.48. The van der Waals surface area contributed by atoms with E-state index in [0.717, 1.165) is 6.42 Å². The molecule has 0 aliphatic carbocycles. The van der Waals surface area contributed by atoms with E-state index in [4.69, 9.17) is 0 Å². The summed E-state index contributed by atoms with van der Waals surface area (Å²) in [5, 5.41) is 7.63. The highest BCUT2D eigenvalue weighted by Gasteiger charge is 2.17. The molecule has 0 radical (unpaired) electrons. The molecule has 0 aliphatic rings. The Labute approximate surface area is 128 Å². The summed E-state index contributed by atoms with van der Waals surface area (Å²) in [6.07, 6.45) is -1.82. The van der Waals surface area contributed by atoms with E-state index in [1.807, 2.05) is 13.8 Å². The van der Waals surface area contributed by atoms with Crippen LogP contribution < -0.4 is 16.0 Å². The number of urea groups is 1. The van der Waals surface area contributed by atoms with Gasteiger partial charge in [0.2, 0.25) is 5.91 Å². The number of rotatable bonds is 6. The lowest BCUT2D eigenvalue weighted by atomic mass is 10.2. The van der Waals surface area contributed by atoms with Crippen LogP contribution in [0, 0.1) is 0 Å². The summed E-state index contributed by atoms with van der Waals surface area (Å²) in [4.78, 5) is 23.6. The summed E-state index contributed by atoms with van der Waals surface area (Å²) in [5.41, 5.74) is 0.0604. The van der Waals surface area contributed by atoms with Gasteiger partial charge in [-0.05, 0) is 32.4 Å². The van der Waals surface area contributed by atoms with Crippen LogP contribution in [0.3, 0.4) is 0 Å². The maximum Gasteiger partial charge on any atom is 0.319 e. The average molecular weight is 313 g/mol. The van der Waals surface area contributed by atoms with Crippen molar-refractivity contribution in [1.29, 1.82) is 0 Å². The van der Waals surface area contributed by atoms with Crippen molar-refractivity contribution in [3.63, 3.8) is 0 Å². The molecule has 3 N–H and O–H groups in total. The summed E-state index contributed by atoms with van der Waals surface area (Å²) in [6.45, 7) is 5.35. The van der Waals surface area contributed by atoms with Gasteiger partial charge in [-0.3, -0.25) is 4.79 Å². The number of hydrogen-bond donors (Lipinski definition) is 3. The summed E-state index contributed by atoms with van der Waals surface area (Å²) in [7, 11) is 0. The van der Waals surface area contributed by atoms with Crippen LogP contribution in [-0.2, 0) is 4.79 Å². The van der Waals surface area contributed by atoms with Gasteiger partial charge in [-0.1, -0.05) is 19.1 Å². The molecule has 122 valence electrons. The fourth-order valence-corrected chi connectivity index (χ4v) is 1.65. The lowest BCUT2D eigenvalue weighted by molar-refractivity contribution is -0.123. The molecule has 7 heteroatoms. The van der Waals surface area contributed by atoms with E-state index >= 15 is 0 Å². The van der Waals surface area contributed by atoms with Crippen molar-refractivity contribution >= 4 is 17.6 Å². The molecule has 0 fully saturated rings. The molecule has 1 aromatic carbocycles. The molecular formula is C15H21F2N3O2. The molecule has 0 unspecified atom stereocenters. The Balaban J connectivity index is 2.55. The van der Waals surface area contributed by atoms with Crippen molar-refractivity contribution in [2.45, 2.75) is 45.7 Å². The first kappa shape index (κ1) is 17.9. The number of hydrogen-bond acceptors (Lipinski definition) is 2. The van der Waals surface area contributed by atoms with Crippen LogP contribution >= 0.6 is 0 Å². The van der Waals surface area contributed by atoms with Gasteiger partial charge in [0.1, 0.15) is 6.04 Å². The first-order chi connectivity index (χ1) is 10.3. The van der Waals surface area contributed by atoms with Crippen LogP contribution in [0.4, 0.5) is 19.3 Å². The van der Waals surface area contributed by atoms with Crippen molar-refractivity contribution in [2.75, 3.05) is 5.32 Å². The maximum absolute atomic E-state index is 12.6. The number of carbonyl (C=O) groups excluding carboxylic acids is 2. The molecule has 22 heavy (non-hydrogen) atoms. The molecule has 0 aromatic heterocycles. The Kier molecular flexibility index (Phi) is 6.75. The van der Waals surface area contributed by atoms with E-state index < -0.39 is 18.5 Å². The first-order valence-corrected chi connectivity index (χ1v) is 7.09. The molecule has 0 saturated carbocycles. The number of halogens is 2. The largest absolute Gasteiger partial charge is 0.352 e. The summed E-state index contributed by atoms with van der Waals surface area (Å²) in [5.74, 6) is -0.300. The summed E-state index contributed by atoms with van der Waals surface area (Å²) < 4.78 is 25.1. The summed E-state index contributed by atoms with van der Waals surface area (Å²) >= 11 is 0. The topological polar surface area (TPSA) is 70.2 Å². The second-order valence-corrected chi connectivity index (χ2v) is 5.06. The van der Waals surface area contributed by atoms with Crippen molar-refractivity contribution in [2.24, 2.45) is 0 Å². The highest BCUT2D eigenvalue weighted by molar-refractivity contribution is 5.93. The minimum Gasteiger partial charge on any atom is -0.352 e.